The van der Waals surface area contributed by atoms with E-state index in [0.29, 0.717) is 12.4 Å². The third-order valence-corrected chi connectivity index (χ3v) is 3.41. The molecule has 1 amide bonds. The molecule has 0 aromatic heterocycles. The van der Waals surface area contributed by atoms with Gasteiger partial charge in [-0.2, -0.15) is 0 Å². The van der Waals surface area contributed by atoms with E-state index in [1.807, 2.05) is 29.2 Å². The zero-order valence-corrected chi connectivity index (χ0v) is 9.60. The van der Waals surface area contributed by atoms with Crippen molar-refractivity contribution in [1.29, 1.82) is 0 Å². The summed E-state index contributed by atoms with van der Waals surface area (Å²) in [7, 11) is 0. The van der Waals surface area contributed by atoms with Crippen LogP contribution in [0.25, 0.3) is 0 Å². The minimum Gasteiger partial charge on any atom is -0.399 e. The van der Waals surface area contributed by atoms with E-state index in [-0.39, 0.29) is 11.9 Å². The first kappa shape index (κ1) is 10.6. The van der Waals surface area contributed by atoms with Crippen molar-refractivity contribution in [3.63, 3.8) is 0 Å². The van der Waals surface area contributed by atoms with Gasteiger partial charge in [0.2, 0.25) is 5.91 Å². The lowest BCUT2D eigenvalue weighted by molar-refractivity contribution is -0.119. The minimum atomic E-state index is -0.00909. The first-order chi connectivity index (χ1) is 8.25. The highest BCUT2D eigenvalue weighted by Gasteiger charge is 2.40. The third kappa shape index (κ3) is 1.77. The normalized spacial score (nSPS) is 25.1. The summed E-state index contributed by atoms with van der Waals surface area (Å²) in [5.41, 5.74) is 7.34. The van der Waals surface area contributed by atoms with Crippen LogP contribution in [0.1, 0.15) is 0 Å². The number of nitrogens with zero attached hydrogens (tertiary/aromatic N) is 2. The molecule has 2 heterocycles. The zero-order valence-electron chi connectivity index (χ0n) is 9.60. The first-order valence-electron chi connectivity index (χ1n) is 5.87. The fourth-order valence-electron chi connectivity index (χ4n) is 2.49. The fraction of sp³-hybridized carbons (Fsp3) is 0.417. The van der Waals surface area contributed by atoms with Crippen molar-refractivity contribution >= 4 is 17.3 Å². The van der Waals surface area contributed by atoms with Crippen LogP contribution in [0.15, 0.2) is 24.3 Å². The van der Waals surface area contributed by atoms with E-state index in [2.05, 4.69) is 10.2 Å². The van der Waals surface area contributed by atoms with Crippen LogP contribution < -0.4 is 16.0 Å². The van der Waals surface area contributed by atoms with E-state index in [1.54, 1.807) is 0 Å². The molecule has 0 saturated carbocycles. The Labute approximate surface area is 100 Å². The molecule has 2 saturated heterocycles. The topological polar surface area (TPSA) is 61.6 Å². The van der Waals surface area contributed by atoms with Gasteiger partial charge in [0.05, 0.1) is 6.67 Å². The van der Waals surface area contributed by atoms with E-state index in [4.69, 9.17) is 5.73 Å². The smallest absolute Gasteiger partial charge is 0.246 e. The Kier molecular flexibility index (Phi) is 2.49. The van der Waals surface area contributed by atoms with E-state index >= 15 is 0 Å². The molecule has 1 aromatic carbocycles. The molecule has 1 atom stereocenters. The van der Waals surface area contributed by atoms with E-state index in [1.165, 1.54) is 0 Å². The predicted molar refractivity (Wildman–Crippen MR) is 66.6 cm³/mol. The summed E-state index contributed by atoms with van der Waals surface area (Å²) in [6.07, 6.45) is 0. The van der Waals surface area contributed by atoms with Crippen LogP contribution >= 0.6 is 0 Å². The van der Waals surface area contributed by atoms with Gasteiger partial charge in [0, 0.05) is 31.0 Å². The number of piperazine rings is 1. The lowest BCUT2D eigenvalue weighted by atomic mass is 10.2. The average molecular weight is 232 g/mol. The molecule has 3 N–H and O–H groups in total. The van der Waals surface area contributed by atoms with Gasteiger partial charge in [0.1, 0.15) is 6.04 Å². The quantitative estimate of drug-likeness (QED) is 0.661. The number of amides is 1. The number of benzene rings is 1. The highest BCUT2D eigenvalue weighted by molar-refractivity contribution is 5.99. The Hall–Kier alpha value is -1.59. The summed E-state index contributed by atoms with van der Waals surface area (Å²) in [4.78, 5) is 16.3. The Morgan fingerprint density at radius 2 is 2.29 bits per heavy atom. The van der Waals surface area contributed by atoms with E-state index < -0.39 is 0 Å². The van der Waals surface area contributed by atoms with Gasteiger partial charge in [0.25, 0.3) is 0 Å². The van der Waals surface area contributed by atoms with E-state index in [0.717, 1.165) is 25.3 Å². The van der Waals surface area contributed by atoms with Gasteiger partial charge in [-0.3, -0.25) is 14.6 Å². The maximum Gasteiger partial charge on any atom is 0.246 e. The molecule has 0 bridgehead atoms. The molecule has 0 spiro atoms. The molecule has 5 nitrogen and oxygen atoms in total. The van der Waals surface area contributed by atoms with Crippen molar-refractivity contribution in [3.05, 3.63) is 24.3 Å². The molecule has 2 aliphatic heterocycles. The minimum absolute atomic E-state index is 0.00909. The van der Waals surface area contributed by atoms with Gasteiger partial charge in [-0.1, -0.05) is 6.07 Å². The number of hydrogen-bond donors (Lipinski definition) is 2. The van der Waals surface area contributed by atoms with Crippen LogP contribution in [-0.2, 0) is 4.79 Å². The molecular weight excluding hydrogens is 216 g/mol. The second kappa shape index (κ2) is 4.01. The molecule has 0 radical (unpaired) electrons. The van der Waals surface area contributed by atoms with Gasteiger partial charge in [-0.25, -0.2) is 0 Å². The standard InChI is InChI=1S/C12H16N4O/c13-9-2-1-3-10(6-9)16-8-15-5-4-14-7-11(15)12(16)17/h1-3,6,11,14H,4-5,7-8,13H2. The van der Waals surface area contributed by atoms with Crippen molar-refractivity contribution in [2.24, 2.45) is 0 Å². The maximum atomic E-state index is 12.3. The number of anilines is 2. The third-order valence-electron chi connectivity index (χ3n) is 3.41. The van der Waals surface area contributed by atoms with Crippen molar-refractivity contribution in [1.82, 2.24) is 10.2 Å². The van der Waals surface area contributed by atoms with Gasteiger partial charge in [-0.15, -0.1) is 0 Å². The van der Waals surface area contributed by atoms with Crippen LogP contribution in [0, 0.1) is 0 Å². The Morgan fingerprint density at radius 3 is 3.06 bits per heavy atom. The van der Waals surface area contributed by atoms with Crippen molar-refractivity contribution in [3.8, 4) is 0 Å². The van der Waals surface area contributed by atoms with Gasteiger partial charge in [-0.05, 0) is 18.2 Å². The molecule has 5 heteroatoms. The second-order valence-corrected chi connectivity index (χ2v) is 4.53. The molecule has 17 heavy (non-hydrogen) atoms. The lowest BCUT2D eigenvalue weighted by Gasteiger charge is -2.26. The number of carbonyl (C=O) groups is 1. The summed E-state index contributed by atoms with van der Waals surface area (Å²) < 4.78 is 0. The molecule has 0 aliphatic carbocycles. The second-order valence-electron chi connectivity index (χ2n) is 4.53. The van der Waals surface area contributed by atoms with Crippen molar-refractivity contribution in [2.45, 2.75) is 6.04 Å². The molecule has 90 valence electrons. The van der Waals surface area contributed by atoms with E-state index in [9.17, 15) is 4.79 Å². The fourth-order valence-corrected chi connectivity index (χ4v) is 2.49. The molecule has 1 aromatic rings. The molecule has 2 aliphatic rings. The number of fused-ring (bicyclic) bond motifs is 1. The molecular formula is C12H16N4O. The maximum absolute atomic E-state index is 12.3. The highest BCUT2D eigenvalue weighted by Crippen LogP contribution is 2.25. The monoisotopic (exact) mass is 232 g/mol. The first-order valence-corrected chi connectivity index (χ1v) is 5.87. The Balaban J connectivity index is 1.87. The van der Waals surface area contributed by atoms with Gasteiger partial charge in [0.15, 0.2) is 0 Å². The SMILES string of the molecule is Nc1cccc(N2CN3CCNCC3C2=O)c1. The van der Waals surface area contributed by atoms with Gasteiger partial charge >= 0.3 is 0 Å². The Bertz CT molecular complexity index is 448. The number of nitrogens with two attached hydrogens (primary N) is 1. The molecule has 2 fully saturated rings. The summed E-state index contributed by atoms with van der Waals surface area (Å²) >= 11 is 0. The lowest BCUT2D eigenvalue weighted by Crippen LogP contribution is -2.50. The summed E-state index contributed by atoms with van der Waals surface area (Å²) in [6, 6.07) is 7.49. The predicted octanol–water partition coefficient (Wildman–Crippen LogP) is -0.153. The summed E-state index contributed by atoms with van der Waals surface area (Å²) in [5, 5.41) is 3.26. The largest absolute Gasteiger partial charge is 0.399 e. The van der Waals surface area contributed by atoms with Crippen LogP contribution in [-0.4, -0.2) is 43.2 Å². The van der Waals surface area contributed by atoms with Crippen LogP contribution in [0.2, 0.25) is 0 Å². The molecule has 3 rings (SSSR count). The number of hydrogen-bond acceptors (Lipinski definition) is 4. The number of carbonyl (C=O) groups excluding carboxylic acids is 1. The summed E-state index contributed by atoms with van der Waals surface area (Å²) in [5.74, 6) is 0.169. The van der Waals surface area contributed by atoms with Crippen molar-refractivity contribution in [2.75, 3.05) is 36.9 Å². The number of nitrogen functional groups attached to an aromatic ring is 1. The number of rotatable bonds is 1. The van der Waals surface area contributed by atoms with Gasteiger partial charge < -0.3 is 11.1 Å². The van der Waals surface area contributed by atoms with Crippen molar-refractivity contribution < 1.29 is 4.79 Å². The Morgan fingerprint density at radius 1 is 1.41 bits per heavy atom. The average Bonchev–Trinajstić information content (AvgIpc) is 2.68. The molecule has 1 unspecified atom stereocenters. The summed E-state index contributed by atoms with van der Waals surface area (Å²) in [6.45, 7) is 3.30. The number of nitrogens with one attached hydrogen (secondary N) is 1. The van der Waals surface area contributed by atoms with Crippen LogP contribution in [0.5, 0.6) is 0 Å². The zero-order chi connectivity index (χ0) is 11.8. The van der Waals surface area contributed by atoms with Crippen LogP contribution in [0.4, 0.5) is 11.4 Å². The highest BCUT2D eigenvalue weighted by atomic mass is 16.2. The van der Waals surface area contributed by atoms with Crippen LogP contribution in [0.3, 0.4) is 0 Å².